The summed E-state index contributed by atoms with van der Waals surface area (Å²) in [5, 5.41) is 6.65. The van der Waals surface area contributed by atoms with Crippen LogP contribution in [-0.4, -0.2) is 45.4 Å². The van der Waals surface area contributed by atoms with E-state index >= 15 is 0 Å². The molecule has 0 saturated carbocycles. The van der Waals surface area contributed by atoms with Gasteiger partial charge in [-0.1, -0.05) is 18.2 Å². The third-order valence-corrected chi connectivity index (χ3v) is 7.11. The first-order valence-corrected chi connectivity index (χ1v) is 11.6. The molecule has 0 fully saturated rings. The zero-order valence-corrected chi connectivity index (χ0v) is 18.8. The second-order valence-electron chi connectivity index (χ2n) is 6.85. The van der Waals surface area contributed by atoms with Crippen molar-refractivity contribution in [3.05, 3.63) is 51.7 Å². The Balaban J connectivity index is 2.15. The van der Waals surface area contributed by atoms with E-state index in [4.69, 9.17) is 0 Å². The second-order valence-corrected chi connectivity index (χ2v) is 10.3. The summed E-state index contributed by atoms with van der Waals surface area (Å²) in [6.45, 7) is 7.25. The first-order chi connectivity index (χ1) is 13.2. The van der Waals surface area contributed by atoms with Crippen LogP contribution in [0, 0.1) is 6.92 Å². The SMILES string of the molecule is CCNC(=NCc1ccccc1S(=O)(=O)N(C)C)NC(C)Cc1ccc(C)s1. The summed E-state index contributed by atoms with van der Waals surface area (Å²) in [5.74, 6) is 0.681. The summed E-state index contributed by atoms with van der Waals surface area (Å²) >= 11 is 1.80. The van der Waals surface area contributed by atoms with Crippen molar-refractivity contribution in [1.82, 2.24) is 14.9 Å². The van der Waals surface area contributed by atoms with E-state index in [-0.39, 0.29) is 12.6 Å². The second kappa shape index (κ2) is 10.0. The van der Waals surface area contributed by atoms with Crippen LogP contribution in [0.3, 0.4) is 0 Å². The molecule has 0 bridgehead atoms. The van der Waals surface area contributed by atoms with Crippen LogP contribution < -0.4 is 10.6 Å². The predicted molar refractivity (Wildman–Crippen MR) is 117 cm³/mol. The molecule has 1 aromatic heterocycles. The molecule has 2 N–H and O–H groups in total. The number of benzene rings is 1. The summed E-state index contributed by atoms with van der Waals surface area (Å²) in [6.07, 6.45) is 0.911. The Hall–Kier alpha value is -1.90. The van der Waals surface area contributed by atoms with Crippen LogP contribution in [0.25, 0.3) is 0 Å². The first-order valence-electron chi connectivity index (χ1n) is 9.34. The number of sulfonamides is 1. The number of aryl methyl sites for hydroxylation is 1. The monoisotopic (exact) mass is 422 g/mol. The molecule has 0 aliphatic heterocycles. The maximum atomic E-state index is 12.6. The Kier molecular flexibility index (Phi) is 8.03. The summed E-state index contributed by atoms with van der Waals surface area (Å²) in [6, 6.07) is 11.5. The molecule has 0 amide bonds. The zero-order chi connectivity index (χ0) is 20.7. The molecular formula is C20H30N4O2S2. The number of thiophene rings is 1. The van der Waals surface area contributed by atoms with Crippen LogP contribution >= 0.6 is 11.3 Å². The highest BCUT2D eigenvalue weighted by Gasteiger charge is 2.20. The lowest BCUT2D eigenvalue weighted by atomic mass is 10.2. The minimum atomic E-state index is -3.50. The van der Waals surface area contributed by atoms with Gasteiger partial charge in [-0.25, -0.2) is 17.7 Å². The van der Waals surface area contributed by atoms with Crippen molar-refractivity contribution in [2.24, 2.45) is 4.99 Å². The number of hydrogen-bond acceptors (Lipinski definition) is 4. The van der Waals surface area contributed by atoms with Gasteiger partial charge in [-0.05, 0) is 44.5 Å². The summed E-state index contributed by atoms with van der Waals surface area (Å²) in [7, 11) is -0.431. The summed E-state index contributed by atoms with van der Waals surface area (Å²) in [5.41, 5.74) is 0.676. The fourth-order valence-corrected chi connectivity index (χ4v) is 4.87. The Morgan fingerprint density at radius 3 is 2.54 bits per heavy atom. The van der Waals surface area contributed by atoms with Gasteiger partial charge in [0.15, 0.2) is 5.96 Å². The lowest BCUT2D eigenvalue weighted by molar-refractivity contribution is 0.519. The number of guanidine groups is 1. The first kappa shape index (κ1) is 22.4. The van der Waals surface area contributed by atoms with E-state index in [1.165, 1.54) is 28.2 Å². The molecule has 1 aromatic carbocycles. The van der Waals surface area contributed by atoms with E-state index in [9.17, 15) is 8.42 Å². The van der Waals surface area contributed by atoms with Gasteiger partial charge < -0.3 is 10.6 Å². The average molecular weight is 423 g/mol. The number of aliphatic imine (C=N–C) groups is 1. The van der Waals surface area contributed by atoms with Gasteiger partial charge in [0, 0.05) is 42.9 Å². The van der Waals surface area contributed by atoms with Crippen molar-refractivity contribution in [2.75, 3.05) is 20.6 Å². The van der Waals surface area contributed by atoms with Crippen molar-refractivity contribution in [3.63, 3.8) is 0 Å². The lowest BCUT2D eigenvalue weighted by Crippen LogP contribution is -2.43. The fourth-order valence-electron chi connectivity index (χ4n) is 2.75. The number of hydrogen-bond donors (Lipinski definition) is 2. The molecule has 2 rings (SSSR count). The lowest BCUT2D eigenvalue weighted by Gasteiger charge is -2.18. The molecule has 1 atom stereocenters. The van der Waals surface area contributed by atoms with E-state index in [2.05, 4.69) is 41.6 Å². The number of nitrogens with zero attached hydrogens (tertiary/aromatic N) is 2. The van der Waals surface area contributed by atoms with Crippen LogP contribution in [0.15, 0.2) is 46.3 Å². The molecule has 6 nitrogen and oxygen atoms in total. The largest absolute Gasteiger partial charge is 0.357 e. The van der Waals surface area contributed by atoms with Gasteiger partial charge in [0.2, 0.25) is 10.0 Å². The van der Waals surface area contributed by atoms with Crippen molar-refractivity contribution < 1.29 is 8.42 Å². The van der Waals surface area contributed by atoms with Crippen LogP contribution in [0.1, 0.15) is 29.2 Å². The van der Waals surface area contributed by atoms with Crippen LogP contribution in [0.2, 0.25) is 0 Å². The smallest absolute Gasteiger partial charge is 0.242 e. The van der Waals surface area contributed by atoms with Gasteiger partial charge >= 0.3 is 0 Å². The van der Waals surface area contributed by atoms with Gasteiger partial charge in [-0.15, -0.1) is 11.3 Å². The quantitative estimate of drug-likeness (QED) is 0.507. The Bertz CT molecular complexity index is 904. The highest BCUT2D eigenvalue weighted by atomic mass is 32.2. The van der Waals surface area contributed by atoms with Gasteiger partial charge in [0.05, 0.1) is 11.4 Å². The number of nitrogens with one attached hydrogen (secondary N) is 2. The minimum absolute atomic E-state index is 0.205. The molecule has 8 heteroatoms. The van der Waals surface area contributed by atoms with Crippen molar-refractivity contribution >= 4 is 27.3 Å². The topological polar surface area (TPSA) is 73.8 Å². The summed E-state index contributed by atoms with van der Waals surface area (Å²) in [4.78, 5) is 7.55. The van der Waals surface area contributed by atoms with E-state index < -0.39 is 10.0 Å². The van der Waals surface area contributed by atoms with Crippen molar-refractivity contribution in [2.45, 2.75) is 44.7 Å². The van der Waals surface area contributed by atoms with Crippen LogP contribution in [0.4, 0.5) is 0 Å². The maximum Gasteiger partial charge on any atom is 0.242 e. The molecule has 0 spiro atoms. The van der Waals surface area contributed by atoms with E-state index in [0.29, 0.717) is 16.4 Å². The van der Waals surface area contributed by atoms with Crippen LogP contribution in [0.5, 0.6) is 0 Å². The molecule has 0 saturated heterocycles. The van der Waals surface area contributed by atoms with E-state index in [0.717, 1.165) is 13.0 Å². The van der Waals surface area contributed by atoms with E-state index in [1.807, 2.05) is 13.0 Å². The van der Waals surface area contributed by atoms with Crippen LogP contribution in [-0.2, 0) is 23.0 Å². The molecule has 0 aliphatic carbocycles. The zero-order valence-electron chi connectivity index (χ0n) is 17.2. The molecular weight excluding hydrogens is 392 g/mol. The fraction of sp³-hybridized carbons (Fsp3) is 0.450. The highest BCUT2D eigenvalue weighted by Crippen LogP contribution is 2.19. The maximum absolute atomic E-state index is 12.6. The predicted octanol–water partition coefficient (Wildman–Crippen LogP) is 2.99. The average Bonchev–Trinajstić information content (AvgIpc) is 3.04. The standard InChI is InChI=1S/C20H30N4O2S2/c1-6-21-20(23-15(2)13-18-12-11-16(3)27-18)22-14-17-9-7-8-10-19(17)28(25,26)24(4)5/h7-12,15H,6,13-14H2,1-5H3,(H2,21,22,23). The summed E-state index contributed by atoms with van der Waals surface area (Å²) < 4.78 is 26.3. The molecule has 0 radical (unpaired) electrons. The van der Waals surface area contributed by atoms with E-state index in [1.54, 1.807) is 29.5 Å². The van der Waals surface area contributed by atoms with Crippen molar-refractivity contribution in [1.29, 1.82) is 0 Å². The molecule has 154 valence electrons. The molecule has 28 heavy (non-hydrogen) atoms. The van der Waals surface area contributed by atoms with Gasteiger partial charge in [0.1, 0.15) is 0 Å². The minimum Gasteiger partial charge on any atom is -0.357 e. The molecule has 1 heterocycles. The van der Waals surface area contributed by atoms with Crippen molar-refractivity contribution in [3.8, 4) is 0 Å². The highest BCUT2D eigenvalue weighted by molar-refractivity contribution is 7.89. The third-order valence-electron chi connectivity index (χ3n) is 4.17. The third kappa shape index (κ3) is 6.05. The normalized spacial score (nSPS) is 13.6. The van der Waals surface area contributed by atoms with Gasteiger partial charge in [0.25, 0.3) is 0 Å². The molecule has 0 aliphatic rings. The van der Waals surface area contributed by atoms with Gasteiger partial charge in [-0.3, -0.25) is 0 Å². The van der Waals surface area contributed by atoms with Gasteiger partial charge in [-0.2, -0.15) is 0 Å². The Morgan fingerprint density at radius 1 is 1.21 bits per heavy atom. The Labute approximate surface area is 172 Å². The molecule has 1 unspecified atom stereocenters. The molecule has 2 aromatic rings. The Morgan fingerprint density at radius 2 is 1.93 bits per heavy atom. The number of rotatable bonds is 8.